The van der Waals surface area contributed by atoms with Crippen LogP contribution in [0.3, 0.4) is 0 Å². The van der Waals surface area contributed by atoms with Crippen LogP contribution in [0, 0.1) is 5.82 Å². The number of nitrogens with zero attached hydrogens (tertiary/aromatic N) is 4. The van der Waals surface area contributed by atoms with Gasteiger partial charge in [0.2, 0.25) is 0 Å². The zero-order valence-corrected chi connectivity index (χ0v) is 13.0. The Balaban J connectivity index is 2.00. The van der Waals surface area contributed by atoms with Crippen LogP contribution in [0.2, 0.25) is 5.02 Å². The first-order valence-electron chi connectivity index (χ1n) is 7.00. The van der Waals surface area contributed by atoms with Crippen LogP contribution in [-0.2, 0) is 6.42 Å². The lowest BCUT2D eigenvalue weighted by Crippen LogP contribution is -2.13. The molecular formula is C15H15ClFN5. The highest BCUT2D eigenvalue weighted by Crippen LogP contribution is 2.29. The number of hydrogen-bond donors (Lipinski definition) is 1. The fourth-order valence-corrected chi connectivity index (χ4v) is 2.58. The largest absolute Gasteiger partial charge is 0.362 e. The zero-order chi connectivity index (χ0) is 15.7. The van der Waals surface area contributed by atoms with Gasteiger partial charge in [-0.2, -0.15) is 14.6 Å². The maximum Gasteiger partial charge on any atom is 0.254 e. The van der Waals surface area contributed by atoms with E-state index < -0.39 is 0 Å². The van der Waals surface area contributed by atoms with Gasteiger partial charge in [0.25, 0.3) is 5.78 Å². The summed E-state index contributed by atoms with van der Waals surface area (Å²) in [7, 11) is 0. The molecule has 3 rings (SSSR count). The molecular weight excluding hydrogens is 305 g/mol. The molecule has 0 bridgehead atoms. The highest BCUT2D eigenvalue weighted by Gasteiger charge is 2.16. The normalized spacial score (nSPS) is 12.5. The molecule has 0 unspecified atom stereocenters. The zero-order valence-electron chi connectivity index (χ0n) is 12.2. The smallest absolute Gasteiger partial charge is 0.254 e. The molecule has 1 atom stereocenters. The molecule has 0 spiro atoms. The van der Waals surface area contributed by atoms with Crippen LogP contribution in [0.4, 0.5) is 10.2 Å². The molecule has 0 aliphatic rings. The van der Waals surface area contributed by atoms with Gasteiger partial charge in [-0.3, -0.25) is 0 Å². The van der Waals surface area contributed by atoms with Crippen molar-refractivity contribution in [1.82, 2.24) is 19.6 Å². The van der Waals surface area contributed by atoms with E-state index in [1.54, 1.807) is 16.6 Å². The topological polar surface area (TPSA) is 55.1 Å². The van der Waals surface area contributed by atoms with Crippen LogP contribution in [0.1, 0.15) is 31.1 Å². The standard InChI is InChI=1S/C15H15ClFN5/c1-3-12-13(16)14(22-15(21-12)18-8-19-22)20-9(2)10-4-6-11(17)7-5-10/h4-9,20H,3H2,1-2H3/t9-/m0/s1. The lowest BCUT2D eigenvalue weighted by molar-refractivity contribution is 0.626. The molecule has 114 valence electrons. The van der Waals surface area contributed by atoms with Gasteiger partial charge in [0.05, 0.1) is 5.69 Å². The van der Waals surface area contributed by atoms with Gasteiger partial charge < -0.3 is 5.32 Å². The third kappa shape index (κ3) is 2.62. The number of aromatic nitrogens is 4. The van der Waals surface area contributed by atoms with Crippen LogP contribution >= 0.6 is 11.6 Å². The SMILES string of the molecule is CCc1nc2ncnn2c(N[C@@H](C)c2ccc(F)cc2)c1Cl. The molecule has 0 saturated carbocycles. The summed E-state index contributed by atoms with van der Waals surface area (Å²) in [6.07, 6.45) is 2.13. The monoisotopic (exact) mass is 319 g/mol. The minimum atomic E-state index is -0.259. The highest BCUT2D eigenvalue weighted by atomic mass is 35.5. The molecule has 0 aliphatic carbocycles. The molecule has 0 aliphatic heterocycles. The third-order valence-electron chi connectivity index (χ3n) is 3.50. The van der Waals surface area contributed by atoms with Gasteiger partial charge in [-0.05, 0) is 31.0 Å². The molecule has 0 fully saturated rings. The molecule has 22 heavy (non-hydrogen) atoms. The van der Waals surface area contributed by atoms with Crippen molar-refractivity contribution in [1.29, 1.82) is 0 Å². The summed E-state index contributed by atoms with van der Waals surface area (Å²) in [5, 5.41) is 7.99. The maximum absolute atomic E-state index is 13.0. The number of halogens is 2. The van der Waals surface area contributed by atoms with Crippen molar-refractivity contribution in [2.24, 2.45) is 0 Å². The van der Waals surface area contributed by atoms with Crippen molar-refractivity contribution in [2.45, 2.75) is 26.3 Å². The molecule has 0 amide bonds. The van der Waals surface area contributed by atoms with E-state index in [9.17, 15) is 4.39 Å². The summed E-state index contributed by atoms with van der Waals surface area (Å²) in [6, 6.07) is 6.27. The average molecular weight is 320 g/mol. The summed E-state index contributed by atoms with van der Waals surface area (Å²) in [6.45, 7) is 3.95. The Morgan fingerprint density at radius 1 is 1.32 bits per heavy atom. The summed E-state index contributed by atoms with van der Waals surface area (Å²) >= 11 is 6.43. The summed E-state index contributed by atoms with van der Waals surface area (Å²) in [5.74, 6) is 0.873. The Kier molecular flexibility index (Phi) is 3.94. The quantitative estimate of drug-likeness (QED) is 0.797. The molecule has 5 nitrogen and oxygen atoms in total. The second-order valence-corrected chi connectivity index (χ2v) is 5.34. The Morgan fingerprint density at radius 3 is 2.73 bits per heavy atom. The lowest BCUT2D eigenvalue weighted by atomic mass is 10.1. The van der Waals surface area contributed by atoms with E-state index in [4.69, 9.17) is 11.6 Å². The van der Waals surface area contributed by atoms with Gasteiger partial charge in [0.1, 0.15) is 17.2 Å². The molecule has 0 radical (unpaired) electrons. The number of fused-ring (bicyclic) bond motifs is 1. The fourth-order valence-electron chi connectivity index (χ4n) is 2.27. The van der Waals surface area contributed by atoms with E-state index in [2.05, 4.69) is 20.4 Å². The number of hydrogen-bond acceptors (Lipinski definition) is 4. The first-order chi connectivity index (χ1) is 10.6. The van der Waals surface area contributed by atoms with Crippen molar-refractivity contribution in [3.63, 3.8) is 0 Å². The van der Waals surface area contributed by atoms with Gasteiger partial charge >= 0.3 is 0 Å². The Hall–Kier alpha value is -2.21. The van der Waals surface area contributed by atoms with Crippen LogP contribution in [0.5, 0.6) is 0 Å². The van der Waals surface area contributed by atoms with E-state index in [1.165, 1.54) is 18.5 Å². The molecule has 7 heteroatoms. The minimum absolute atomic E-state index is 0.0717. The van der Waals surface area contributed by atoms with Crippen molar-refractivity contribution < 1.29 is 4.39 Å². The first-order valence-corrected chi connectivity index (χ1v) is 7.38. The molecule has 2 aromatic heterocycles. The first kappa shape index (κ1) is 14.7. The average Bonchev–Trinajstić information content (AvgIpc) is 2.98. The van der Waals surface area contributed by atoms with Crippen molar-refractivity contribution >= 4 is 23.2 Å². The minimum Gasteiger partial charge on any atom is -0.362 e. The van der Waals surface area contributed by atoms with E-state index in [1.807, 2.05) is 13.8 Å². The number of benzene rings is 1. The second kappa shape index (κ2) is 5.88. The summed E-state index contributed by atoms with van der Waals surface area (Å²) in [5.41, 5.74) is 1.71. The van der Waals surface area contributed by atoms with E-state index in [0.29, 0.717) is 23.0 Å². The van der Waals surface area contributed by atoms with Gasteiger partial charge in [0.15, 0.2) is 5.82 Å². The predicted octanol–water partition coefficient (Wildman–Crippen LogP) is 3.65. The fraction of sp³-hybridized carbons (Fsp3) is 0.267. The van der Waals surface area contributed by atoms with Crippen LogP contribution in [0.15, 0.2) is 30.6 Å². The Bertz CT molecular complexity index is 800. The number of rotatable bonds is 4. The summed E-state index contributed by atoms with van der Waals surface area (Å²) < 4.78 is 14.6. The van der Waals surface area contributed by atoms with Gasteiger partial charge in [-0.15, -0.1) is 0 Å². The molecule has 3 aromatic rings. The molecule has 1 N–H and O–H groups in total. The van der Waals surface area contributed by atoms with Crippen molar-refractivity contribution in [3.05, 3.63) is 52.7 Å². The van der Waals surface area contributed by atoms with Gasteiger partial charge in [-0.25, -0.2) is 9.37 Å². The lowest BCUT2D eigenvalue weighted by Gasteiger charge is -2.18. The van der Waals surface area contributed by atoms with Crippen molar-refractivity contribution in [2.75, 3.05) is 5.32 Å². The highest BCUT2D eigenvalue weighted by molar-refractivity contribution is 6.33. The number of nitrogens with one attached hydrogen (secondary N) is 1. The van der Waals surface area contributed by atoms with Crippen LogP contribution in [0.25, 0.3) is 5.78 Å². The van der Waals surface area contributed by atoms with Gasteiger partial charge in [0, 0.05) is 6.04 Å². The van der Waals surface area contributed by atoms with E-state index in [0.717, 1.165) is 11.3 Å². The maximum atomic E-state index is 13.0. The Labute approximate surface area is 132 Å². The molecule has 0 saturated heterocycles. The second-order valence-electron chi connectivity index (χ2n) is 4.96. The predicted molar refractivity (Wildman–Crippen MR) is 83.6 cm³/mol. The van der Waals surface area contributed by atoms with Crippen LogP contribution in [-0.4, -0.2) is 19.6 Å². The van der Waals surface area contributed by atoms with Crippen LogP contribution < -0.4 is 5.32 Å². The third-order valence-corrected chi connectivity index (χ3v) is 3.89. The van der Waals surface area contributed by atoms with Crippen molar-refractivity contribution in [3.8, 4) is 0 Å². The van der Waals surface area contributed by atoms with E-state index in [-0.39, 0.29) is 11.9 Å². The molecule has 2 heterocycles. The van der Waals surface area contributed by atoms with Gasteiger partial charge in [-0.1, -0.05) is 30.7 Å². The number of aryl methyl sites for hydroxylation is 1. The van der Waals surface area contributed by atoms with E-state index >= 15 is 0 Å². The Morgan fingerprint density at radius 2 is 2.05 bits per heavy atom. The number of anilines is 1. The summed E-state index contributed by atoms with van der Waals surface area (Å²) in [4.78, 5) is 8.49. The molecule has 1 aromatic carbocycles.